The van der Waals surface area contributed by atoms with Gasteiger partial charge in [-0.25, -0.2) is 9.97 Å². The highest BCUT2D eigenvalue weighted by Crippen LogP contribution is 2.28. The number of aromatic nitrogens is 2. The van der Waals surface area contributed by atoms with Crippen LogP contribution in [0.4, 0.5) is 17.2 Å². The summed E-state index contributed by atoms with van der Waals surface area (Å²) >= 11 is 1.59. The van der Waals surface area contributed by atoms with Crippen molar-refractivity contribution in [1.82, 2.24) is 20.6 Å². The van der Waals surface area contributed by atoms with E-state index in [1.165, 1.54) is 0 Å². The summed E-state index contributed by atoms with van der Waals surface area (Å²) in [7, 11) is 0. The molecule has 0 radical (unpaired) electrons. The zero-order valence-corrected chi connectivity index (χ0v) is 21.5. The van der Waals surface area contributed by atoms with Gasteiger partial charge in [0.1, 0.15) is 5.82 Å². The van der Waals surface area contributed by atoms with Crippen LogP contribution in [0.15, 0.2) is 36.0 Å². The molecule has 0 atom stereocenters. The zero-order valence-electron chi connectivity index (χ0n) is 20.7. The van der Waals surface area contributed by atoms with Crippen LogP contribution < -0.4 is 21.3 Å². The minimum atomic E-state index is -0.145. The van der Waals surface area contributed by atoms with Crippen LogP contribution >= 0.6 is 11.3 Å². The molecule has 0 saturated heterocycles. The lowest BCUT2D eigenvalue weighted by Gasteiger charge is -2.29. The van der Waals surface area contributed by atoms with Crippen molar-refractivity contribution in [2.75, 3.05) is 10.6 Å². The summed E-state index contributed by atoms with van der Waals surface area (Å²) in [5.41, 5.74) is 4.97. The lowest BCUT2D eigenvalue weighted by molar-refractivity contribution is -0.126. The summed E-state index contributed by atoms with van der Waals surface area (Å²) in [4.78, 5) is 34.3. The number of thiazole rings is 1. The molecule has 1 saturated carbocycles. The Hall–Kier alpha value is -3.20. The number of pyridine rings is 1. The van der Waals surface area contributed by atoms with Gasteiger partial charge in [0.2, 0.25) is 5.91 Å². The molecule has 2 amide bonds. The van der Waals surface area contributed by atoms with Crippen LogP contribution in [-0.2, 0) is 4.79 Å². The number of benzene rings is 1. The Balaban J connectivity index is 1.42. The van der Waals surface area contributed by atoms with Gasteiger partial charge in [-0.1, -0.05) is 0 Å². The molecule has 2 heterocycles. The standard InChI is InChI=1S/C26H34N6O2S/c1-15(2)29-22-12-24(31-19-9-10-21-23(11-19)35-14-28-21)27-13-20(22)26(34)32-18-7-5-17(6-8-18)25(33)30-16(3)4/h9-18H,5-8H2,1-4H3,(H,30,33)(H,32,34)(H2,27,29,31). The Labute approximate surface area is 210 Å². The van der Waals surface area contributed by atoms with E-state index in [1.807, 2.05) is 57.5 Å². The van der Waals surface area contributed by atoms with Crippen molar-refractivity contribution in [1.29, 1.82) is 0 Å². The van der Waals surface area contributed by atoms with Crippen molar-refractivity contribution in [2.45, 2.75) is 71.5 Å². The fraction of sp³-hybridized carbons (Fsp3) is 0.462. The Morgan fingerprint density at radius 1 is 1.00 bits per heavy atom. The molecule has 0 unspecified atom stereocenters. The van der Waals surface area contributed by atoms with Crippen LogP contribution in [0.5, 0.6) is 0 Å². The maximum Gasteiger partial charge on any atom is 0.255 e. The number of hydrogen-bond acceptors (Lipinski definition) is 7. The first-order valence-electron chi connectivity index (χ1n) is 12.3. The molecule has 8 nitrogen and oxygen atoms in total. The molecule has 0 bridgehead atoms. The Bertz CT molecular complexity index is 1180. The van der Waals surface area contributed by atoms with Gasteiger partial charge in [-0.3, -0.25) is 9.59 Å². The van der Waals surface area contributed by atoms with Gasteiger partial charge in [0, 0.05) is 42.0 Å². The van der Waals surface area contributed by atoms with Crippen molar-refractivity contribution in [3.8, 4) is 0 Å². The molecule has 186 valence electrons. The molecule has 1 aliphatic rings. The fourth-order valence-electron chi connectivity index (χ4n) is 4.38. The number of rotatable bonds is 8. The van der Waals surface area contributed by atoms with E-state index in [2.05, 4.69) is 31.2 Å². The Morgan fingerprint density at radius 3 is 2.49 bits per heavy atom. The first-order valence-corrected chi connectivity index (χ1v) is 13.1. The summed E-state index contributed by atoms with van der Waals surface area (Å²) in [5.74, 6) is 0.661. The van der Waals surface area contributed by atoms with E-state index < -0.39 is 0 Å². The highest BCUT2D eigenvalue weighted by Gasteiger charge is 2.28. The number of anilines is 3. The number of carbonyl (C=O) groups excluding carboxylic acids is 2. The van der Waals surface area contributed by atoms with Gasteiger partial charge in [0.15, 0.2) is 0 Å². The largest absolute Gasteiger partial charge is 0.382 e. The highest BCUT2D eigenvalue weighted by atomic mass is 32.1. The van der Waals surface area contributed by atoms with Gasteiger partial charge < -0.3 is 21.3 Å². The SMILES string of the molecule is CC(C)NC(=O)C1CCC(NC(=O)c2cnc(Nc3ccc4ncsc4c3)cc2NC(C)C)CC1. The molecule has 1 fully saturated rings. The van der Waals surface area contributed by atoms with Crippen LogP contribution in [0.3, 0.4) is 0 Å². The molecule has 1 aromatic carbocycles. The summed E-state index contributed by atoms with van der Waals surface area (Å²) < 4.78 is 1.10. The normalized spacial score (nSPS) is 18.0. The fourth-order valence-corrected chi connectivity index (χ4v) is 5.10. The molecule has 2 aromatic heterocycles. The van der Waals surface area contributed by atoms with Crippen molar-refractivity contribution >= 4 is 50.6 Å². The molecule has 35 heavy (non-hydrogen) atoms. The van der Waals surface area contributed by atoms with E-state index in [0.717, 1.165) is 47.3 Å². The third kappa shape index (κ3) is 6.48. The van der Waals surface area contributed by atoms with Crippen molar-refractivity contribution in [2.24, 2.45) is 5.92 Å². The minimum Gasteiger partial charge on any atom is -0.382 e. The smallest absolute Gasteiger partial charge is 0.255 e. The predicted octanol–water partition coefficient (Wildman–Crippen LogP) is 5.07. The van der Waals surface area contributed by atoms with E-state index in [1.54, 1.807) is 17.5 Å². The lowest BCUT2D eigenvalue weighted by Crippen LogP contribution is -2.42. The maximum atomic E-state index is 13.2. The maximum absolute atomic E-state index is 13.2. The molecule has 4 rings (SSSR count). The minimum absolute atomic E-state index is 0.0277. The van der Waals surface area contributed by atoms with Gasteiger partial charge in [0.25, 0.3) is 5.91 Å². The molecule has 4 N–H and O–H groups in total. The van der Waals surface area contributed by atoms with Crippen LogP contribution in [0.1, 0.15) is 63.7 Å². The van der Waals surface area contributed by atoms with Crippen molar-refractivity contribution < 1.29 is 9.59 Å². The van der Waals surface area contributed by atoms with E-state index >= 15 is 0 Å². The van der Waals surface area contributed by atoms with E-state index in [4.69, 9.17) is 0 Å². The average Bonchev–Trinajstić information content (AvgIpc) is 3.27. The number of hydrogen-bond donors (Lipinski definition) is 4. The monoisotopic (exact) mass is 494 g/mol. The van der Waals surface area contributed by atoms with Crippen LogP contribution in [-0.4, -0.2) is 39.9 Å². The third-order valence-corrected chi connectivity index (χ3v) is 6.85. The molecule has 0 spiro atoms. The summed E-state index contributed by atoms with van der Waals surface area (Å²) in [6.45, 7) is 8.02. The van der Waals surface area contributed by atoms with Gasteiger partial charge in [-0.15, -0.1) is 11.3 Å². The first kappa shape index (κ1) is 24.9. The average molecular weight is 495 g/mol. The molecule has 1 aliphatic carbocycles. The second kappa shape index (κ2) is 11.0. The van der Waals surface area contributed by atoms with E-state index in [-0.39, 0.29) is 35.9 Å². The van der Waals surface area contributed by atoms with Gasteiger partial charge in [-0.2, -0.15) is 0 Å². The molecular formula is C26H34N6O2S. The lowest BCUT2D eigenvalue weighted by atomic mass is 9.85. The van der Waals surface area contributed by atoms with Crippen LogP contribution in [0, 0.1) is 5.92 Å². The number of amides is 2. The van der Waals surface area contributed by atoms with Gasteiger partial charge >= 0.3 is 0 Å². The van der Waals surface area contributed by atoms with E-state index in [0.29, 0.717) is 11.4 Å². The molecule has 0 aliphatic heterocycles. The second-order valence-electron chi connectivity index (χ2n) is 9.76. The molecular weight excluding hydrogens is 460 g/mol. The number of nitrogens with one attached hydrogen (secondary N) is 4. The Morgan fingerprint density at radius 2 is 1.77 bits per heavy atom. The highest BCUT2D eigenvalue weighted by molar-refractivity contribution is 7.16. The summed E-state index contributed by atoms with van der Waals surface area (Å²) in [5, 5.41) is 12.9. The van der Waals surface area contributed by atoms with Crippen LogP contribution in [0.25, 0.3) is 10.2 Å². The number of nitrogens with zero attached hydrogens (tertiary/aromatic N) is 2. The van der Waals surface area contributed by atoms with Gasteiger partial charge in [0.05, 0.1) is 27.0 Å². The van der Waals surface area contributed by atoms with E-state index in [9.17, 15) is 9.59 Å². The quantitative estimate of drug-likeness (QED) is 0.348. The molecule has 9 heteroatoms. The zero-order chi connectivity index (χ0) is 24.9. The first-order chi connectivity index (χ1) is 16.8. The Kier molecular flexibility index (Phi) is 7.85. The summed E-state index contributed by atoms with van der Waals surface area (Å²) in [6, 6.07) is 8.22. The third-order valence-electron chi connectivity index (χ3n) is 6.06. The van der Waals surface area contributed by atoms with Crippen molar-refractivity contribution in [3.05, 3.63) is 41.5 Å². The summed E-state index contributed by atoms with van der Waals surface area (Å²) in [6.07, 6.45) is 4.77. The van der Waals surface area contributed by atoms with Crippen molar-refractivity contribution in [3.63, 3.8) is 0 Å². The van der Waals surface area contributed by atoms with Crippen LogP contribution in [0.2, 0.25) is 0 Å². The molecule has 3 aromatic rings. The number of fused-ring (bicyclic) bond motifs is 1. The topological polar surface area (TPSA) is 108 Å². The predicted molar refractivity (Wildman–Crippen MR) is 142 cm³/mol. The second-order valence-corrected chi connectivity index (χ2v) is 10.6. The van der Waals surface area contributed by atoms with Gasteiger partial charge in [-0.05, 0) is 71.6 Å². The number of carbonyl (C=O) groups is 2.